The molecule has 0 spiro atoms. The van der Waals surface area contributed by atoms with E-state index >= 15 is 0 Å². The average Bonchev–Trinajstić information content (AvgIpc) is 2.90. The number of thiophene rings is 1. The number of hydrogen-bond donors (Lipinski definition) is 1. The molecule has 3 aromatic rings. The Balaban J connectivity index is 1.84. The van der Waals surface area contributed by atoms with E-state index < -0.39 is 0 Å². The predicted molar refractivity (Wildman–Crippen MR) is 85.6 cm³/mol. The van der Waals surface area contributed by atoms with E-state index in [1.165, 1.54) is 4.70 Å². The second-order valence-corrected chi connectivity index (χ2v) is 6.08. The van der Waals surface area contributed by atoms with Crippen molar-refractivity contribution in [2.45, 2.75) is 19.9 Å². The van der Waals surface area contributed by atoms with Crippen LogP contribution < -0.4 is 5.32 Å². The first-order valence-electron chi connectivity index (χ1n) is 6.35. The van der Waals surface area contributed by atoms with E-state index in [4.69, 9.17) is 11.6 Å². The number of aromatic nitrogens is 2. The van der Waals surface area contributed by atoms with Gasteiger partial charge in [0.2, 0.25) is 0 Å². The van der Waals surface area contributed by atoms with Crippen molar-refractivity contribution in [2.24, 2.45) is 0 Å². The van der Waals surface area contributed by atoms with Crippen LogP contribution in [-0.4, -0.2) is 9.97 Å². The van der Waals surface area contributed by atoms with Gasteiger partial charge in [0.1, 0.15) is 5.15 Å². The average molecular weight is 304 g/mol. The van der Waals surface area contributed by atoms with Crippen molar-refractivity contribution < 1.29 is 0 Å². The molecule has 0 aliphatic rings. The smallest absolute Gasteiger partial charge is 0.132 e. The number of rotatable bonds is 3. The molecule has 1 unspecified atom stereocenters. The fourth-order valence-electron chi connectivity index (χ4n) is 2.07. The summed E-state index contributed by atoms with van der Waals surface area (Å²) >= 11 is 7.65. The van der Waals surface area contributed by atoms with Crippen molar-refractivity contribution in [3.05, 3.63) is 52.3 Å². The Hall–Kier alpha value is -1.65. The molecule has 0 aliphatic heterocycles. The zero-order valence-electron chi connectivity index (χ0n) is 11.2. The molecule has 0 radical (unpaired) electrons. The van der Waals surface area contributed by atoms with Crippen molar-refractivity contribution in [3.8, 4) is 0 Å². The Morgan fingerprint density at radius 2 is 2.10 bits per heavy atom. The maximum atomic E-state index is 5.94. The van der Waals surface area contributed by atoms with Crippen LogP contribution in [0.15, 0.2) is 36.0 Å². The lowest BCUT2D eigenvalue weighted by molar-refractivity contribution is 0.878. The van der Waals surface area contributed by atoms with Crippen molar-refractivity contribution in [1.82, 2.24) is 9.97 Å². The van der Waals surface area contributed by atoms with Crippen LogP contribution in [0.2, 0.25) is 5.15 Å². The van der Waals surface area contributed by atoms with E-state index in [0.717, 1.165) is 22.3 Å². The van der Waals surface area contributed by atoms with E-state index in [9.17, 15) is 0 Å². The lowest BCUT2D eigenvalue weighted by atomic mass is 10.1. The molecule has 3 rings (SSSR count). The summed E-state index contributed by atoms with van der Waals surface area (Å²) in [4.78, 5) is 8.63. The molecule has 1 atom stereocenters. The molecule has 0 fully saturated rings. The van der Waals surface area contributed by atoms with Crippen LogP contribution in [-0.2, 0) is 0 Å². The summed E-state index contributed by atoms with van der Waals surface area (Å²) in [6.07, 6.45) is 3.67. The van der Waals surface area contributed by atoms with Gasteiger partial charge in [0, 0.05) is 6.20 Å². The summed E-state index contributed by atoms with van der Waals surface area (Å²) in [6.45, 7) is 4.06. The predicted octanol–water partition coefficient (Wildman–Crippen LogP) is 4.83. The van der Waals surface area contributed by atoms with E-state index in [-0.39, 0.29) is 6.04 Å². The van der Waals surface area contributed by atoms with Crippen LogP contribution in [0.25, 0.3) is 10.2 Å². The van der Waals surface area contributed by atoms with Crippen LogP contribution in [0.4, 0.5) is 5.69 Å². The van der Waals surface area contributed by atoms with Crippen LogP contribution in [0.5, 0.6) is 0 Å². The molecule has 0 bridgehead atoms. The van der Waals surface area contributed by atoms with Crippen LogP contribution in [0.1, 0.15) is 24.1 Å². The molecule has 3 aromatic heterocycles. The first-order valence-corrected chi connectivity index (χ1v) is 7.61. The van der Waals surface area contributed by atoms with Crippen LogP contribution in [0.3, 0.4) is 0 Å². The molecule has 0 saturated heterocycles. The third-order valence-electron chi connectivity index (χ3n) is 3.22. The number of aryl methyl sites for hydroxylation is 1. The molecule has 0 aromatic carbocycles. The number of hydrogen-bond acceptors (Lipinski definition) is 4. The highest BCUT2D eigenvalue weighted by molar-refractivity contribution is 7.17. The first-order chi connectivity index (χ1) is 9.63. The van der Waals surface area contributed by atoms with Gasteiger partial charge in [0.05, 0.1) is 28.1 Å². The minimum absolute atomic E-state index is 0.163. The number of pyridine rings is 2. The molecule has 0 aliphatic carbocycles. The number of fused-ring (bicyclic) bond motifs is 1. The molecule has 20 heavy (non-hydrogen) atoms. The Morgan fingerprint density at radius 3 is 2.90 bits per heavy atom. The van der Waals surface area contributed by atoms with Gasteiger partial charge in [-0.05, 0) is 48.6 Å². The quantitative estimate of drug-likeness (QED) is 0.704. The Bertz CT molecular complexity index is 754. The lowest BCUT2D eigenvalue weighted by Gasteiger charge is -2.15. The molecule has 3 heterocycles. The summed E-state index contributed by atoms with van der Waals surface area (Å²) in [5.41, 5.74) is 4.14. The largest absolute Gasteiger partial charge is 0.377 e. The molecule has 0 amide bonds. The summed E-state index contributed by atoms with van der Waals surface area (Å²) in [5, 5.41) is 6.03. The highest BCUT2D eigenvalue weighted by atomic mass is 35.5. The van der Waals surface area contributed by atoms with E-state index in [1.807, 2.05) is 25.3 Å². The lowest BCUT2D eigenvalue weighted by Crippen LogP contribution is -2.07. The third-order valence-corrected chi connectivity index (χ3v) is 4.47. The van der Waals surface area contributed by atoms with Crippen molar-refractivity contribution in [3.63, 3.8) is 0 Å². The molecule has 1 N–H and O–H groups in total. The zero-order valence-corrected chi connectivity index (χ0v) is 12.8. The minimum atomic E-state index is 0.163. The first kappa shape index (κ1) is 13.3. The van der Waals surface area contributed by atoms with Gasteiger partial charge in [0.25, 0.3) is 0 Å². The fourth-order valence-corrected chi connectivity index (χ4v) is 2.96. The summed E-state index contributed by atoms with van der Waals surface area (Å²) in [5.74, 6) is 0. The normalized spacial score (nSPS) is 12.6. The van der Waals surface area contributed by atoms with Gasteiger partial charge >= 0.3 is 0 Å². The number of anilines is 1. The standard InChI is InChI=1S/C15H14ClN3S/c1-9-5-12(8-18-15(9)16)19-10(2)11-6-14-13(17-7-11)3-4-20-14/h3-8,10,19H,1-2H3. The van der Waals surface area contributed by atoms with Crippen molar-refractivity contribution >= 4 is 38.8 Å². The molecular weight excluding hydrogens is 290 g/mol. The minimum Gasteiger partial charge on any atom is -0.377 e. The zero-order chi connectivity index (χ0) is 14.1. The Kier molecular flexibility index (Phi) is 3.59. The Morgan fingerprint density at radius 1 is 1.25 bits per heavy atom. The molecule has 0 saturated carbocycles. The molecule has 5 heteroatoms. The topological polar surface area (TPSA) is 37.8 Å². The molecular formula is C15H14ClN3S. The van der Waals surface area contributed by atoms with E-state index in [2.05, 4.69) is 33.7 Å². The highest BCUT2D eigenvalue weighted by Crippen LogP contribution is 2.25. The monoisotopic (exact) mass is 303 g/mol. The highest BCUT2D eigenvalue weighted by Gasteiger charge is 2.08. The summed E-state index contributed by atoms with van der Waals surface area (Å²) in [6, 6.07) is 6.38. The Labute approximate surface area is 126 Å². The molecule has 102 valence electrons. The van der Waals surface area contributed by atoms with Gasteiger partial charge in [-0.2, -0.15) is 0 Å². The third kappa shape index (κ3) is 2.62. The van der Waals surface area contributed by atoms with Gasteiger partial charge in [-0.25, -0.2) is 4.98 Å². The van der Waals surface area contributed by atoms with Crippen molar-refractivity contribution in [1.29, 1.82) is 0 Å². The van der Waals surface area contributed by atoms with E-state index in [0.29, 0.717) is 5.15 Å². The van der Waals surface area contributed by atoms with Gasteiger partial charge < -0.3 is 5.32 Å². The second-order valence-electron chi connectivity index (χ2n) is 4.77. The number of nitrogens with zero attached hydrogens (tertiary/aromatic N) is 2. The number of halogens is 1. The van der Waals surface area contributed by atoms with Gasteiger partial charge in [0.15, 0.2) is 0 Å². The SMILES string of the molecule is Cc1cc(NC(C)c2cnc3ccsc3c2)cnc1Cl. The van der Waals surface area contributed by atoms with Crippen LogP contribution >= 0.6 is 22.9 Å². The van der Waals surface area contributed by atoms with Crippen LogP contribution in [0, 0.1) is 6.92 Å². The molecule has 3 nitrogen and oxygen atoms in total. The van der Waals surface area contributed by atoms with Gasteiger partial charge in [-0.1, -0.05) is 11.6 Å². The van der Waals surface area contributed by atoms with Crippen molar-refractivity contribution in [2.75, 3.05) is 5.32 Å². The fraction of sp³-hybridized carbons (Fsp3) is 0.200. The summed E-state index contributed by atoms with van der Waals surface area (Å²) < 4.78 is 1.21. The van der Waals surface area contributed by atoms with Gasteiger partial charge in [-0.15, -0.1) is 11.3 Å². The van der Waals surface area contributed by atoms with E-state index in [1.54, 1.807) is 17.5 Å². The maximum Gasteiger partial charge on any atom is 0.132 e. The maximum absolute atomic E-state index is 5.94. The second kappa shape index (κ2) is 5.38. The summed E-state index contributed by atoms with van der Waals surface area (Å²) in [7, 11) is 0. The van der Waals surface area contributed by atoms with Gasteiger partial charge in [-0.3, -0.25) is 4.98 Å². The number of nitrogens with one attached hydrogen (secondary N) is 1.